The molecule has 3 rings (SSSR count). The van der Waals surface area contributed by atoms with Crippen molar-refractivity contribution in [2.24, 2.45) is 0 Å². The summed E-state index contributed by atoms with van der Waals surface area (Å²) < 4.78 is 0. The fraction of sp³-hybridized carbons (Fsp3) is 0.0455. The zero-order valence-corrected chi connectivity index (χ0v) is 15.4. The maximum absolute atomic E-state index is 11.5. The summed E-state index contributed by atoms with van der Waals surface area (Å²) >= 11 is 0. The maximum Gasteiger partial charge on any atom is 0.386 e. The smallest absolute Gasteiger partial charge is 0.386 e. The molecule has 3 aromatic rings. The standard InChI is InChI=1S/C14H10O4.C8H9NO2/c15-13(11-7-3-1-4-8-11)17-18-14(16)12-9-5-2-6-10-12;10-8(11)6-9-7-4-2-1-3-5-7/h1-10H;1-5,9H,6H2,(H,10,11). The lowest BCUT2D eigenvalue weighted by Crippen LogP contribution is -2.11. The molecular weight excluding hydrogens is 374 g/mol. The second-order valence-electron chi connectivity index (χ2n) is 5.59. The van der Waals surface area contributed by atoms with Gasteiger partial charge in [-0.25, -0.2) is 19.4 Å². The monoisotopic (exact) mass is 393 g/mol. The van der Waals surface area contributed by atoms with Crippen molar-refractivity contribution in [3.63, 3.8) is 0 Å². The quantitative estimate of drug-likeness (QED) is 0.502. The molecule has 0 aromatic heterocycles. The number of aliphatic carboxylic acids is 1. The highest BCUT2D eigenvalue weighted by Gasteiger charge is 2.13. The van der Waals surface area contributed by atoms with Gasteiger partial charge in [0.25, 0.3) is 0 Å². The third kappa shape index (κ3) is 7.96. The summed E-state index contributed by atoms with van der Waals surface area (Å²) in [6, 6.07) is 25.8. The second kappa shape index (κ2) is 11.6. The van der Waals surface area contributed by atoms with Crippen LogP contribution in [-0.4, -0.2) is 29.6 Å². The summed E-state index contributed by atoms with van der Waals surface area (Å²) in [5.41, 5.74) is 1.46. The Hall–Kier alpha value is -4.13. The molecule has 2 N–H and O–H groups in total. The van der Waals surface area contributed by atoms with Crippen molar-refractivity contribution in [1.82, 2.24) is 0 Å². The van der Waals surface area contributed by atoms with E-state index in [0.717, 1.165) is 5.69 Å². The molecule has 0 aliphatic heterocycles. The first-order valence-corrected chi connectivity index (χ1v) is 8.60. The van der Waals surface area contributed by atoms with Crippen LogP contribution in [0.15, 0.2) is 91.0 Å². The van der Waals surface area contributed by atoms with E-state index in [0.29, 0.717) is 11.1 Å². The fourth-order valence-electron chi connectivity index (χ4n) is 2.05. The van der Waals surface area contributed by atoms with Crippen molar-refractivity contribution in [1.29, 1.82) is 0 Å². The van der Waals surface area contributed by atoms with E-state index in [1.165, 1.54) is 0 Å². The van der Waals surface area contributed by atoms with Gasteiger partial charge in [-0.2, -0.15) is 0 Å². The van der Waals surface area contributed by atoms with Crippen LogP contribution in [0.3, 0.4) is 0 Å². The van der Waals surface area contributed by atoms with E-state index < -0.39 is 17.9 Å². The number of carboxylic acids is 1. The zero-order valence-electron chi connectivity index (χ0n) is 15.4. The lowest BCUT2D eigenvalue weighted by atomic mass is 10.2. The number of carbonyl (C=O) groups is 3. The summed E-state index contributed by atoms with van der Waals surface area (Å²) in [6.07, 6.45) is 0. The molecule has 29 heavy (non-hydrogen) atoms. The van der Waals surface area contributed by atoms with Crippen molar-refractivity contribution in [3.05, 3.63) is 102 Å². The van der Waals surface area contributed by atoms with Crippen LogP contribution in [0.2, 0.25) is 0 Å². The van der Waals surface area contributed by atoms with Gasteiger partial charge < -0.3 is 10.4 Å². The first-order chi connectivity index (χ1) is 14.1. The molecule has 0 saturated carbocycles. The Kier molecular flexibility index (Phi) is 8.44. The van der Waals surface area contributed by atoms with E-state index >= 15 is 0 Å². The Morgan fingerprint density at radius 2 is 1.03 bits per heavy atom. The molecule has 3 aromatic carbocycles. The van der Waals surface area contributed by atoms with Gasteiger partial charge in [-0.3, -0.25) is 4.79 Å². The minimum atomic E-state index is -0.853. The number of benzene rings is 3. The van der Waals surface area contributed by atoms with Gasteiger partial charge in [-0.1, -0.05) is 54.6 Å². The Morgan fingerprint density at radius 1 is 0.655 bits per heavy atom. The number of nitrogens with one attached hydrogen (secondary N) is 1. The van der Waals surface area contributed by atoms with Crippen LogP contribution >= 0.6 is 0 Å². The number of carbonyl (C=O) groups excluding carboxylic acids is 2. The predicted molar refractivity (Wildman–Crippen MR) is 106 cm³/mol. The van der Waals surface area contributed by atoms with E-state index in [1.807, 2.05) is 30.3 Å². The van der Waals surface area contributed by atoms with E-state index in [1.54, 1.807) is 60.7 Å². The normalized spacial score (nSPS) is 9.38. The van der Waals surface area contributed by atoms with Crippen molar-refractivity contribution in [2.45, 2.75) is 0 Å². The van der Waals surface area contributed by atoms with E-state index in [-0.39, 0.29) is 6.54 Å². The van der Waals surface area contributed by atoms with Crippen molar-refractivity contribution >= 4 is 23.6 Å². The molecule has 0 amide bonds. The van der Waals surface area contributed by atoms with Crippen LogP contribution in [-0.2, 0) is 14.6 Å². The van der Waals surface area contributed by atoms with Gasteiger partial charge in [-0.15, -0.1) is 0 Å². The third-order valence-electron chi connectivity index (χ3n) is 3.43. The summed E-state index contributed by atoms with van der Waals surface area (Å²) in [4.78, 5) is 42.0. The predicted octanol–water partition coefficient (Wildman–Crippen LogP) is 3.80. The molecule has 0 radical (unpaired) electrons. The molecule has 0 heterocycles. The van der Waals surface area contributed by atoms with E-state index in [2.05, 4.69) is 15.1 Å². The molecule has 0 fully saturated rings. The van der Waals surface area contributed by atoms with Crippen LogP contribution in [0.1, 0.15) is 20.7 Å². The fourth-order valence-corrected chi connectivity index (χ4v) is 2.05. The molecule has 0 saturated heterocycles. The molecule has 0 atom stereocenters. The number of hydrogen-bond donors (Lipinski definition) is 2. The van der Waals surface area contributed by atoms with E-state index in [4.69, 9.17) is 5.11 Å². The molecule has 0 spiro atoms. The second-order valence-corrected chi connectivity index (χ2v) is 5.59. The van der Waals surface area contributed by atoms with Crippen LogP contribution < -0.4 is 5.32 Å². The van der Waals surface area contributed by atoms with E-state index in [9.17, 15) is 14.4 Å². The first kappa shape index (κ1) is 21.2. The van der Waals surface area contributed by atoms with Gasteiger partial charge in [-0.05, 0) is 36.4 Å². The van der Waals surface area contributed by atoms with Crippen LogP contribution in [0, 0.1) is 0 Å². The number of hydrogen-bond acceptors (Lipinski definition) is 6. The molecule has 0 unspecified atom stereocenters. The maximum atomic E-state index is 11.5. The average Bonchev–Trinajstić information content (AvgIpc) is 2.78. The highest BCUT2D eigenvalue weighted by Crippen LogP contribution is 2.05. The van der Waals surface area contributed by atoms with Gasteiger partial charge in [0.1, 0.15) is 6.54 Å². The SMILES string of the molecule is O=C(O)CNc1ccccc1.O=C(OOC(=O)c1ccccc1)c1ccccc1. The van der Waals surface area contributed by atoms with Gasteiger partial charge in [0.05, 0.1) is 11.1 Å². The van der Waals surface area contributed by atoms with Crippen LogP contribution in [0.25, 0.3) is 0 Å². The Balaban J connectivity index is 0.000000234. The first-order valence-electron chi connectivity index (χ1n) is 8.60. The number of para-hydroxylation sites is 1. The molecular formula is C22H19NO6. The lowest BCUT2D eigenvalue weighted by Gasteiger charge is -2.02. The lowest BCUT2D eigenvalue weighted by molar-refractivity contribution is -0.187. The van der Waals surface area contributed by atoms with Gasteiger partial charge in [0, 0.05) is 5.69 Å². The van der Waals surface area contributed by atoms with Crippen LogP contribution in [0.5, 0.6) is 0 Å². The van der Waals surface area contributed by atoms with Crippen molar-refractivity contribution in [3.8, 4) is 0 Å². The summed E-state index contributed by atoms with van der Waals surface area (Å²) in [6.45, 7) is -0.0377. The third-order valence-corrected chi connectivity index (χ3v) is 3.43. The van der Waals surface area contributed by atoms with Crippen molar-refractivity contribution < 1.29 is 29.3 Å². The number of rotatable bonds is 5. The van der Waals surface area contributed by atoms with Gasteiger partial charge >= 0.3 is 17.9 Å². The minimum absolute atomic E-state index is 0.0377. The zero-order chi connectivity index (χ0) is 20.9. The molecule has 148 valence electrons. The molecule has 0 aliphatic rings. The summed E-state index contributed by atoms with van der Waals surface area (Å²) in [5.74, 6) is -2.27. The van der Waals surface area contributed by atoms with Crippen molar-refractivity contribution in [2.75, 3.05) is 11.9 Å². The Morgan fingerprint density at radius 3 is 1.41 bits per heavy atom. The Labute approximate surface area is 167 Å². The highest BCUT2D eigenvalue weighted by atomic mass is 17.2. The number of carboxylic acid groups (broad SMARTS) is 1. The molecule has 7 heteroatoms. The summed E-state index contributed by atoms with van der Waals surface area (Å²) in [5, 5.41) is 11.1. The molecule has 0 bridgehead atoms. The van der Waals surface area contributed by atoms with Crippen LogP contribution in [0.4, 0.5) is 5.69 Å². The molecule has 0 aliphatic carbocycles. The largest absolute Gasteiger partial charge is 0.480 e. The topological polar surface area (TPSA) is 102 Å². The van der Waals surface area contributed by atoms with Gasteiger partial charge in [0.2, 0.25) is 0 Å². The average molecular weight is 393 g/mol. The highest BCUT2D eigenvalue weighted by molar-refractivity contribution is 5.92. The number of anilines is 1. The summed E-state index contributed by atoms with van der Waals surface area (Å²) in [7, 11) is 0. The Bertz CT molecular complexity index is 862. The minimum Gasteiger partial charge on any atom is -0.480 e. The van der Waals surface area contributed by atoms with Gasteiger partial charge in [0.15, 0.2) is 0 Å². The molecule has 7 nitrogen and oxygen atoms in total.